The first kappa shape index (κ1) is 23.5. The van der Waals surface area contributed by atoms with Crippen LogP contribution in [0.15, 0.2) is 22.7 Å². The number of aromatic nitrogens is 3. The van der Waals surface area contributed by atoms with Gasteiger partial charge in [0.25, 0.3) is 5.91 Å². The van der Waals surface area contributed by atoms with Crippen molar-refractivity contribution in [1.82, 2.24) is 25.0 Å². The Morgan fingerprint density at radius 1 is 1.21 bits per heavy atom. The van der Waals surface area contributed by atoms with E-state index in [0.717, 1.165) is 59.1 Å². The van der Waals surface area contributed by atoms with Gasteiger partial charge in [-0.2, -0.15) is 5.10 Å². The van der Waals surface area contributed by atoms with Crippen molar-refractivity contribution in [2.75, 3.05) is 26.2 Å². The van der Waals surface area contributed by atoms with Crippen molar-refractivity contribution >= 4 is 16.9 Å². The van der Waals surface area contributed by atoms with E-state index in [-0.39, 0.29) is 11.9 Å². The number of hydrogen-bond acceptors (Lipinski definition) is 5. The van der Waals surface area contributed by atoms with Crippen LogP contribution in [0.1, 0.15) is 74.4 Å². The quantitative estimate of drug-likeness (QED) is 0.481. The minimum atomic E-state index is -0.0726. The van der Waals surface area contributed by atoms with Gasteiger partial charge >= 0.3 is 0 Å². The lowest BCUT2D eigenvalue weighted by atomic mass is 9.99. The largest absolute Gasteiger partial charge is 0.466 e. The Morgan fingerprint density at radius 2 is 1.97 bits per heavy atom. The van der Waals surface area contributed by atoms with Gasteiger partial charge in [0.2, 0.25) is 0 Å². The van der Waals surface area contributed by atoms with Gasteiger partial charge in [-0.15, -0.1) is 0 Å². The highest BCUT2D eigenvalue weighted by molar-refractivity contribution is 6.06. The van der Waals surface area contributed by atoms with Gasteiger partial charge in [0.05, 0.1) is 22.8 Å². The SMILES string of the molecule is Cc1cc(-c2cc(C(=O)NCCCCN3CCC(C)CC3)c3cnn(C(C)C)c3n2)c(C)o1. The van der Waals surface area contributed by atoms with E-state index in [9.17, 15) is 4.79 Å². The van der Waals surface area contributed by atoms with Crippen molar-refractivity contribution < 1.29 is 9.21 Å². The number of amides is 1. The lowest BCUT2D eigenvalue weighted by Gasteiger charge is -2.30. The normalized spacial score (nSPS) is 15.6. The molecule has 3 aromatic heterocycles. The molecule has 1 aliphatic rings. The molecule has 0 bridgehead atoms. The molecule has 0 atom stereocenters. The maximum Gasteiger partial charge on any atom is 0.252 e. The lowest BCUT2D eigenvalue weighted by Crippen LogP contribution is -2.34. The zero-order valence-corrected chi connectivity index (χ0v) is 20.6. The summed E-state index contributed by atoms with van der Waals surface area (Å²) in [6.07, 6.45) is 6.44. The fourth-order valence-corrected chi connectivity index (χ4v) is 4.65. The Hall–Kier alpha value is -2.67. The minimum absolute atomic E-state index is 0.0726. The Bertz CT molecular complexity index is 1110. The lowest BCUT2D eigenvalue weighted by molar-refractivity contribution is 0.0953. The van der Waals surface area contributed by atoms with Crippen LogP contribution in [0.25, 0.3) is 22.3 Å². The van der Waals surface area contributed by atoms with Gasteiger partial charge in [-0.25, -0.2) is 9.67 Å². The molecular weight excluding hydrogens is 414 g/mol. The van der Waals surface area contributed by atoms with Crippen LogP contribution in [0.5, 0.6) is 0 Å². The van der Waals surface area contributed by atoms with E-state index in [4.69, 9.17) is 9.40 Å². The summed E-state index contributed by atoms with van der Waals surface area (Å²) in [5.41, 5.74) is 3.00. The predicted molar refractivity (Wildman–Crippen MR) is 131 cm³/mol. The van der Waals surface area contributed by atoms with E-state index >= 15 is 0 Å². The van der Waals surface area contributed by atoms with Crippen LogP contribution >= 0.6 is 0 Å². The number of rotatable bonds is 8. The van der Waals surface area contributed by atoms with E-state index in [0.29, 0.717) is 12.1 Å². The van der Waals surface area contributed by atoms with E-state index < -0.39 is 0 Å². The zero-order valence-electron chi connectivity index (χ0n) is 20.6. The first-order valence-corrected chi connectivity index (χ1v) is 12.3. The molecule has 1 fully saturated rings. The number of hydrogen-bond donors (Lipinski definition) is 1. The average molecular weight is 452 g/mol. The van der Waals surface area contributed by atoms with Crippen molar-refractivity contribution in [2.45, 2.75) is 66.3 Å². The zero-order chi connectivity index (χ0) is 23.5. The van der Waals surface area contributed by atoms with Gasteiger partial charge in [-0.3, -0.25) is 4.79 Å². The molecule has 3 aromatic rings. The number of nitrogens with one attached hydrogen (secondary N) is 1. The van der Waals surface area contributed by atoms with E-state index in [1.807, 2.05) is 30.7 Å². The number of carbonyl (C=O) groups excluding carboxylic acids is 1. The van der Waals surface area contributed by atoms with Gasteiger partial charge in [0.15, 0.2) is 5.65 Å². The summed E-state index contributed by atoms with van der Waals surface area (Å²) in [4.78, 5) is 20.6. The molecule has 1 amide bonds. The fourth-order valence-electron chi connectivity index (χ4n) is 4.65. The number of aryl methyl sites for hydroxylation is 2. The summed E-state index contributed by atoms with van der Waals surface area (Å²) in [7, 11) is 0. The van der Waals surface area contributed by atoms with Crippen LogP contribution in [0.3, 0.4) is 0 Å². The second-order valence-corrected chi connectivity index (χ2v) is 9.79. The third-order valence-corrected chi connectivity index (χ3v) is 6.68. The molecule has 33 heavy (non-hydrogen) atoms. The highest BCUT2D eigenvalue weighted by atomic mass is 16.3. The summed E-state index contributed by atoms with van der Waals surface area (Å²) >= 11 is 0. The first-order chi connectivity index (χ1) is 15.8. The van der Waals surface area contributed by atoms with E-state index in [1.165, 1.54) is 25.9 Å². The molecule has 0 unspecified atom stereocenters. The molecule has 4 heterocycles. The van der Waals surface area contributed by atoms with Gasteiger partial charge < -0.3 is 14.6 Å². The van der Waals surface area contributed by atoms with E-state index in [2.05, 4.69) is 36.1 Å². The number of likely N-dealkylation sites (tertiary alicyclic amines) is 1. The molecule has 7 heteroatoms. The van der Waals surface area contributed by atoms with Crippen molar-refractivity contribution in [3.8, 4) is 11.3 Å². The van der Waals surface area contributed by atoms with E-state index in [1.54, 1.807) is 6.20 Å². The summed E-state index contributed by atoms with van der Waals surface area (Å²) in [5.74, 6) is 2.42. The summed E-state index contributed by atoms with van der Waals surface area (Å²) in [5, 5.41) is 8.42. The molecule has 0 aromatic carbocycles. The summed E-state index contributed by atoms with van der Waals surface area (Å²) in [6.45, 7) is 14.5. The van der Waals surface area contributed by atoms with Crippen LogP contribution in [-0.2, 0) is 0 Å². The Balaban J connectivity index is 1.47. The average Bonchev–Trinajstić information content (AvgIpc) is 3.36. The van der Waals surface area contributed by atoms with Gasteiger partial charge in [-0.05, 0) is 91.1 Å². The molecule has 7 nitrogen and oxygen atoms in total. The molecule has 4 rings (SSSR count). The van der Waals surface area contributed by atoms with Crippen LogP contribution in [0.4, 0.5) is 0 Å². The second kappa shape index (κ2) is 10.1. The van der Waals surface area contributed by atoms with Crippen LogP contribution < -0.4 is 5.32 Å². The molecule has 1 saturated heterocycles. The maximum absolute atomic E-state index is 13.2. The van der Waals surface area contributed by atoms with Crippen molar-refractivity contribution in [3.63, 3.8) is 0 Å². The minimum Gasteiger partial charge on any atom is -0.466 e. The third kappa shape index (κ3) is 5.29. The number of nitrogens with zero attached hydrogens (tertiary/aromatic N) is 4. The Labute approximate surface area is 196 Å². The number of fused-ring (bicyclic) bond motifs is 1. The van der Waals surface area contributed by atoms with Crippen LogP contribution in [0.2, 0.25) is 0 Å². The van der Waals surface area contributed by atoms with Crippen LogP contribution in [-0.4, -0.2) is 51.8 Å². The second-order valence-electron chi connectivity index (χ2n) is 9.79. The number of piperidine rings is 1. The maximum atomic E-state index is 13.2. The predicted octanol–water partition coefficient (Wildman–Crippen LogP) is 5.13. The fraction of sp³-hybridized carbons (Fsp3) is 0.577. The molecule has 0 saturated carbocycles. The molecule has 1 N–H and O–H groups in total. The molecule has 178 valence electrons. The van der Waals surface area contributed by atoms with Crippen LogP contribution in [0, 0.1) is 19.8 Å². The smallest absolute Gasteiger partial charge is 0.252 e. The third-order valence-electron chi connectivity index (χ3n) is 6.68. The number of pyridine rings is 1. The highest BCUT2D eigenvalue weighted by Gasteiger charge is 2.20. The van der Waals surface area contributed by atoms with Crippen molar-refractivity contribution in [3.05, 3.63) is 35.4 Å². The summed E-state index contributed by atoms with van der Waals surface area (Å²) < 4.78 is 7.59. The molecule has 0 aliphatic carbocycles. The Kier molecular flexibility index (Phi) is 7.17. The standard InChI is InChI=1S/C26H37N5O2/c1-17(2)31-25-23(16-28-31)22(15-24(29-25)21-14-19(4)33-20(21)5)26(32)27-10-6-7-11-30-12-8-18(3)9-13-30/h14-18H,6-13H2,1-5H3,(H,27,32). The number of furan rings is 1. The van der Waals surface area contributed by atoms with Crippen molar-refractivity contribution in [1.29, 1.82) is 0 Å². The first-order valence-electron chi connectivity index (χ1n) is 12.3. The highest BCUT2D eigenvalue weighted by Crippen LogP contribution is 2.30. The van der Waals surface area contributed by atoms with Crippen molar-refractivity contribution in [2.24, 2.45) is 5.92 Å². The molecule has 1 aliphatic heterocycles. The van der Waals surface area contributed by atoms with Gasteiger partial charge in [0, 0.05) is 18.2 Å². The number of unbranched alkanes of at least 4 members (excludes halogenated alkanes) is 1. The van der Waals surface area contributed by atoms with Gasteiger partial charge in [-0.1, -0.05) is 6.92 Å². The molecule has 0 spiro atoms. The van der Waals surface area contributed by atoms with Gasteiger partial charge in [0.1, 0.15) is 11.5 Å². The molecular formula is C26H37N5O2. The Morgan fingerprint density at radius 3 is 2.64 bits per heavy atom. The number of carbonyl (C=O) groups is 1. The summed E-state index contributed by atoms with van der Waals surface area (Å²) in [6, 6.07) is 3.99. The monoisotopic (exact) mass is 451 g/mol. The molecule has 0 radical (unpaired) electrons. The topological polar surface area (TPSA) is 76.2 Å².